The van der Waals surface area contributed by atoms with E-state index in [1.165, 1.54) is 0 Å². The maximum Gasteiger partial charge on any atom is 0.161 e. The molecule has 0 radical (unpaired) electrons. The van der Waals surface area contributed by atoms with Gasteiger partial charge in [0.1, 0.15) is 6.10 Å². The maximum atomic E-state index is 9.85. The molecule has 1 aliphatic heterocycles. The van der Waals surface area contributed by atoms with Crippen LogP contribution in [0.15, 0.2) is 42.5 Å². The summed E-state index contributed by atoms with van der Waals surface area (Å²) in [5.74, 6) is 1.38. The summed E-state index contributed by atoms with van der Waals surface area (Å²) in [5, 5.41) is 19.0. The predicted molar refractivity (Wildman–Crippen MR) is 90.3 cm³/mol. The molecular formula is C19H22O5. The van der Waals surface area contributed by atoms with Gasteiger partial charge in [0.05, 0.1) is 33.0 Å². The first-order chi connectivity index (χ1) is 11.7. The summed E-state index contributed by atoms with van der Waals surface area (Å²) >= 11 is 0. The molecule has 128 valence electrons. The number of benzene rings is 2. The standard InChI is InChI=1S/C19H22O5/c1-22-16-8-7-14(9-18(16)23-2)12-3-5-13(6-4-12)17-10-15(21)19(11-20)24-17/h3-9,15,17,19-21H,10-11H2,1-2H3/t15-,17+,19+/m0/s1. The summed E-state index contributed by atoms with van der Waals surface area (Å²) in [6.45, 7) is -0.165. The normalized spacial score (nSPS) is 23.2. The molecule has 0 aromatic heterocycles. The van der Waals surface area contributed by atoms with Gasteiger partial charge in [0, 0.05) is 6.42 Å². The van der Waals surface area contributed by atoms with E-state index < -0.39 is 12.2 Å². The highest BCUT2D eigenvalue weighted by molar-refractivity contribution is 5.67. The van der Waals surface area contributed by atoms with Crippen LogP contribution >= 0.6 is 0 Å². The van der Waals surface area contributed by atoms with Gasteiger partial charge in [-0.1, -0.05) is 30.3 Å². The molecule has 2 N–H and O–H groups in total. The largest absolute Gasteiger partial charge is 0.493 e. The fourth-order valence-corrected chi connectivity index (χ4v) is 3.01. The van der Waals surface area contributed by atoms with Crippen molar-refractivity contribution in [3.8, 4) is 22.6 Å². The number of hydrogen-bond donors (Lipinski definition) is 2. The molecule has 0 bridgehead atoms. The van der Waals surface area contributed by atoms with Gasteiger partial charge in [-0.3, -0.25) is 0 Å². The minimum atomic E-state index is -0.620. The molecule has 3 rings (SSSR count). The molecule has 0 aliphatic carbocycles. The van der Waals surface area contributed by atoms with E-state index in [-0.39, 0.29) is 12.7 Å². The minimum absolute atomic E-state index is 0.165. The summed E-state index contributed by atoms with van der Waals surface area (Å²) in [5.41, 5.74) is 3.07. The number of aliphatic hydroxyl groups excluding tert-OH is 2. The van der Waals surface area contributed by atoms with Crippen molar-refractivity contribution in [2.24, 2.45) is 0 Å². The first-order valence-electron chi connectivity index (χ1n) is 7.93. The SMILES string of the molecule is COc1ccc(-c2ccc([C@H]3C[C@H](O)[C@@H](CO)O3)cc2)cc1OC. The predicted octanol–water partition coefficient (Wildman–Crippen LogP) is 2.55. The van der Waals surface area contributed by atoms with Gasteiger partial charge in [-0.05, 0) is 28.8 Å². The number of rotatable bonds is 5. The molecule has 5 heteroatoms. The Morgan fingerprint density at radius 2 is 1.67 bits per heavy atom. The first kappa shape index (κ1) is 16.8. The fourth-order valence-electron chi connectivity index (χ4n) is 3.01. The van der Waals surface area contributed by atoms with Crippen LogP contribution in [0.4, 0.5) is 0 Å². The van der Waals surface area contributed by atoms with Crippen molar-refractivity contribution in [3.05, 3.63) is 48.0 Å². The molecule has 0 spiro atoms. The van der Waals surface area contributed by atoms with Gasteiger partial charge in [-0.2, -0.15) is 0 Å². The lowest BCUT2D eigenvalue weighted by Gasteiger charge is -2.13. The van der Waals surface area contributed by atoms with Gasteiger partial charge in [0.15, 0.2) is 11.5 Å². The molecule has 2 aromatic carbocycles. The molecule has 3 atom stereocenters. The van der Waals surface area contributed by atoms with Gasteiger partial charge in [0.2, 0.25) is 0 Å². The third kappa shape index (κ3) is 3.24. The Bertz CT molecular complexity index is 683. The molecule has 1 aliphatic rings. The molecule has 2 aromatic rings. The molecule has 5 nitrogen and oxygen atoms in total. The van der Waals surface area contributed by atoms with Crippen molar-refractivity contribution in [2.75, 3.05) is 20.8 Å². The van der Waals surface area contributed by atoms with Crippen molar-refractivity contribution in [3.63, 3.8) is 0 Å². The molecule has 0 unspecified atom stereocenters. The van der Waals surface area contributed by atoms with Gasteiger partial charge >= 0.3 is 0 Å². The highest BCUT2D eigenvalue weighted by Crippen LogP contribution is 2.35. The van der Waals surface area contributed by atoms with E-state index in [4.69, 9.17) is 14.2 Å². The van der Waals surface area contributed by atoms with Crippen LogP contribution in [-0.2, 0) is 4.74 Å². The lowest BCUT2D eigenvalue weighted by Crippen LogP contribution is -2.24. The van der Waals surface area contributed by atoms with E-state index in [9.17, 15) is 10.2 Å². The van der Waals surface area contributed by atoms with Crippen LogP contribution in [0.25, 0.3) is 11.1 Å². The van der Waals surface area contributed by atoms with Gasteiger partial charge in [-0.15, -0.1) is 0 Å². The zero-order valence-corrected chi connectivity index (χ0v) is 13.8. The van der Waals surface area contributed by atoms with Crippen LogP contribution < -0.4 is 9.47 Å². The molecule has 0 amide bonds. The topological polar surface area (TPSA) is 68.2 Å². The van der Waals surface area contributed by atoms with Crippen LogP contribution in [0.2, 0.25) is 0 Å². The van der Waals surface area contributed by atoms with E-state index in [0.717, 1.165) is 16.7 Å². The van der Waals surface area contributed by atoms with Crippen molar-refractivity contribution >= 4 is 0 Å². The summed E-state index contributed by atoms with van der Waals surface area (Å²) in [4.78, 5) is 0. The Hall–Kier alpha value is -2.08. The second kappa shape index (κ2) is 7.21. The lowest BCUT2D eigenvalue weighted by molar-refractivity contribution is -0.0225. The van der Waals surface area contributed by atoms with Crippen LogP contribution in [-0.4, -0.2) is 43.2 Å². The third-order valence-corrected chi connectivity index (χ3v) is 4.40. The van der Waals surface area contributed by atoms with Crippen LogP contribution in [0.5, 0.6) is 11.5 Å². The van der Waals surface area contributed by atoms with Crippen molar-refractivity contribution in [2.45, 2.75) is 24.7 Å². The van der Waals surface area contributed by atoms with Gasteiger partial charge in [-0.25, -0.2) is 0 Å². The zero-order chi connectivity index (χ0) is 17.1. The summed E-state index contributed by atoms with van der Waals surface area (Å²) in [7, 11) is 3.23. The van der Waals surface area contributed by atoms with E-state index in [1.807, 2.05) is 42.5 Å². The number of aliphatic hydroxyl groups is 2. The van der Waals surface area contributed by atoms with Crippen molar-refractivity contribution < 1.29 is 24.4 Å². The van der Waals surface area contributed by atoms with E-state index in [0.29, 0.717) is 17.9 Å². The summed E-state index contributed by atoms with van der Waals surface area (Å²) in [6, 6.07) is 13.8. The smallest absolute Gasteiger partial charge is 0.161 e. The quantitative estimate of drug-likeness (QED) is 0.882. The monoisotopic (exact) mass is 330 g/mol. The van der Waals surface area contributed by atoms with E-state index in [1.54, 1.807) is 14.2 Å². The second-order valence-corrected chi connectivity index (χ2v) is 5.84. The second-order valence-electron chi connectivity index (χ2n) is 5.84. The van der Waals surface area contributed by atoms with Gasteiger partial charge < -0.3 is 24.4 Å². The van der Waals surface area contributed by atoms with Crippen LogP contribution in [0.3, 0.4) is 0 Å². The Morgan fingerprint density at radius 3 is 2.25 bits per heavy atom. The number of methoxy groups -OCH3 is 2. The average Bonchev–Trinajstić information content (AvgIpc) is 3.02. The lowest BCUT2D eigenvalue weighted by atomic mass is 10.00. The Balaban J connectivity index is 1.80. The van der Waals surface area contributed by atoms with Crippen LogP contribution in [0.1, 0.15) is 18.1 Å². The fraction of sp³-hybridized carbons (Fsp3) is 0.368. The summed E-state index contributed by atoms with van der Waals surface area (Å²) in [6.07, 6.45) is -0.802. The van der Waals surface area contributed by atoms with E-state index in [2.05, 4.69) is 0 Å². The van der Waals surface area contributed by atoms with E-state index >= 15 is 0 Å². The Labute approximate surface area is 141 Å². The molecule has 1 saturated heterocycles. The minimum Gasteiger partial charge on any atom is -0.493 e. The molecule has 24 heavy (non-hydrogen) atoms. The van der Waals surface area contributed by atoms with Crippen molar-refractivity contribution in [1.82, 2.24) is 0 Å². The van der Waals surface area contributed by atoms with Crippen molar-refractivity contribution in [1.29, 1.82) is 0 Å². The number of hydrogen-bond acceptors (Lipinski definition) is 5. The Kier molecular flexibility index (Phi) is 5.04. The summed E-state index contributed by atoms with van der Waals surface area (Å²) < 4.78 is 16.3. The zero-order valence-electron chi connectivity index (χ0n) is 13.8. The highest BCUT2D eigenvalue weighted by atomic mass is 16.5. The maximum absolute atomic E-state index is 9.85. The first-order valence-corrected chi connectivity index (χ1v) is 7.93. The number of ether oxygens (including phenoxy) is 3. The third-order valence-electron chi connectivity index (χ3n) is 4.40. The van der Waals surface area contributed by atoms with Gasteiger partial charge in [0.25, 0.3) is 0 Å². The molecule has 1 heterocycles. The average molecular weight is 330 g/mol. The Morgan fingerprint density at radius 1 is 1.00 bits per heavy atom. The molecule has 1 fully saturated rings. The highest BCUT2D eigenvalue weighted by Gasteiger charge is 2.34. The van der Waals surface area contributed by atoms with Crippen LogP contribution in [0, 0.1) is 0 Å². The molecular weight excluding hydrogens is 308 g/mol. The molecule has 0 saturated carbocycles.